The Bertz CT molecular complexity index is 802. The maximum absolute atomic E-state index is 13.6. The van der Waals surface area contributed by atoms with E-state index in [2.05, 4.69) is 9.97 Å². The van der Waals surface area contributed by atoms with E-state index in [4.69, 9.17) is 12.2 Å². The molecule has 2 heterocycles. The molecule has 0 amide bonds. The van der Waals surface area contributed by atoms with E-state index < -0.39 is 11.6 Å². The number of pyridine rings is 1. The second-order valence-electron chi connectivity index (χ2n) is 4.41. The Balaban J connectivity index is 1.95. The fourth-order valence-corrected chi connectivity index (χ4v) is 2.48. The van der Waals surface area contributed by atoms with Gasteiger partial charge in [0.2, 0.25) is 0 Å². The van der Waals surface area contributed by atoms with Gasteiger partial charge in [-0.1, -0.05) is 6.07 Å². The minimum Gasteiger partial charge on any atom is -0.329 e. The molecule has 0 aliphatic rings. The van der Waals surface area contributed by atoms with Crippen LogP contribution in [-0.4, -0.2) is 14.5 Å². The maximum atomic E-state index is 13.6. The van der Waals surface area contributed by atoms with Gasteiger partial charge in [-0.15, -0.1) is 0 Å². The highest BCUT2D eigenvalue weighted by molar-refractivity contribution is 7.71. The number of fused-ring (bicyclic) bond motifs is 1. The second-order valence-corrected chi connectivity index (χ2v) is 4.79. The number of rotatable bonds is 3. The zero-order valence-electron chi connectivity index (χ0n) is 10.4. The first-order chi connectivity index (χ1) is 9.66. The number of aromatic nitrogens is 3. The van der Waals surface area contributed by atoms with Gasteiger partial charge in [-0.05, 0) is 42.9 Å². The van der Waals surface area contributed by atoms with Crippen molar-refractivity contribution in [3.63, 3.8) is 0 Å². The van der Waals surface area contributed by atoms with Crippen LogP contribution >= 0.6 is 12.2 Å². The third-order valence-electron chi connectivity index (χ3n) is 3.18. The predicted octanol–water partition coefficient (Wildman–Crippen LogP) is 3.61. The van der Waals surface area contributed by atoms with E-state index in [1.54, 1.807) is 16.8 Å². The van der Waals surface area contributed by atoms with Gasteiger partial charge in [0.1, 0.15) is 11.6 Å². The van der Waals surface area contributed by atoms with Crippen molar-refractivity contribution in [3.8, 4) is 0 Å². The Morgan fingerprint density at radius 3 is 2.65 bits per heavy atom. The molecule has 0 saturated heterocycles. The first-order valence-electron chi connectivity index (χ1n) is 6.13. The summed E-state index contributed by atoms with van der Waals surface area (Å²) in [5.74, 6) is -1.08. The van der Waals surface area contributed by atoms with E-state index in [-0.39, 0.29) is 12.0 Å². The van der Waals surface area contributed by atoms with Gasteiger partial charge in [0.15, 0.2) is 10.4 Å². The topological polar surface area (TPSA) is 33.6 Å². The molecule has 0 aliphatic heterocycles. The summed E-state index contributed by atoms with van der Waals surface area (Å²) in [5, 5.41) is 0. The van der Waals surface area contributed by atoms with E-state index in [1.807, 2.05) is 6.07 Å². The van der Waals surface area contributed by atoms with Crippen molar-refractivity contribution >= 4 is 23.4 Å². The number of benzene rings is 1. The summed E-state index contributed by atoms with van der Waals surface area (Å²) in [5.41, 5.74) is 1.57. The Morgan fingerprint density at radius 1 is 1.15 bits per heavy atom. The summed E-state index contributed by atoms with van der Waals surface area (Å²) in [6.07, 6.45) is 1.88. The summed E-state index contributed by atoms with van der Waals surface area (Å²) in [6.45, 7) is 0.369. The highest BCUT2D eigenvalue weighted by Gasteiger charge is 2.10. The van der Waals surface area contributed by atoms with Gasteiger partial charge in [0.05, 0.1) is 5.52 Å². The molecular formula is C14H11F2N3S. The lowest BCUT2D eigenvalue weighted by molar-refractivity contribution is 0.542. The molecule has 1 aromatic carbocycles. The van der Waals surface area contributed by atoms with Crippen LogP contribution in [0.25, 0.3) is 11.2 Å². The van der Waals surface area contributed by atoms with Crippen LogP contribution in [-0.2, 0) is 13.0 Å². The van der Waals surface area contributed by atoms with Crippen LogP contribution in [0.1, 0.15) is 5.56 Å². The Labute approximate surface area is 118 Å². The van der Waals surface area contributed by atoms with Crippen molar-refractivity contribution in [2.75, 3.05) is 0 Å². The van der Waals surface area contributed by atoms with Crippen LogP contribution in [0.3, 0.4) is 0 Å². The van der Waals surface area contributed by atoms with Gasteiger partial charge < -0.3 is 9.55 Å². The van der Waals surface area contributed by atoms with Crippen molar-refractivity contribution < 1.29 is 8.78 Å². The van der Waals surface area contributed by atoms with Crippen molar-refractivity contribution in [1.29, 1.82) is 0 Å². The van der Waals surface area contributed by atoms with Crippen LogP contribution in [0.5, 0.6) is 0 Å². The first-order valence-corrected chi connectivity index (χ1v) is 6.54. The SMILES string of the molecule is Fc1cccc(F)c1CCn1c(=S)[nH]c2cccnc21. The van der Waals surface area contributed by atoms with Crippen molar-refractivity contribution in [2.45, 2.75) is 13.0 Å². The molecule has 1 N–H and O–H groups in total. The number of imidazole rings is 1. The molecule has 6 heteroatoms. The fraction of sp³-hybridized carbons (Fsp3) is 0.143. The minimum atomic E-state index is -0.538. The molecule has 0 spiro atoms. The molecule has 3 rings (SSSR count). The zero-order chi connectivity index (χ0) is 14.1. The van der Waals surface area contributed by atoms with Crippen LogP contribution in [0, 0.1) is 16.4 Å². The third-order valence-corrected chi connectivity index (χ3v) is 3.50. The summed E-state index contributed by atoms with van der Waals surface area (Å²) in [4.78, 5) is 7.26. The number of aryl methyl sites for hydroxylation is 1. The average Bonchev–Trinajstić information content (AvgIpc) is 2.74. The highest BCUT2D eigenvalue weighted by atomic mass is 32.1. The molecule has 3 aromatic rings. The number of aromatic amines is 1. The molecule has 0 atom stereocenters. The number of hydrogen-bond acceptors (Lipinski definition) is 2. The van der Waals surface area contributed by atoms with Crippen LogP contribution < -0.4 is 0 Å². The van der Waals surface area contributed by atoms with Gasteiger partial charge in [-0.3, -0.25) is 0 Å². The lowest BCUT2D eigenvalue weighted by atomic mass is 10.1. The largest absolute Gasteiger partial charge is 0.329 e. The smallest absolute Gasteiger partial charge is 0.179 e. The second kappa shape index (κ2) is 5.13. The summed E-state index contributed by atoms with van der Waals surface area (Å²) < 4.78 is 29.4. The maximum Gasteiger partial charge on any atom is 0.179 e. The number of nitrogens with zero attached hydrogens (tertiary/aromatic N) is 2. The monoisotopic (exact) mass is 291 g/mol. The van der Waals surface area contributed by atoms with Gasteiger partial charge in [-0.25, -0.2) is 13.8 Å². The van der Waals surface area contributed by atoms with Crippen LogP contribution in [0.4, 0.5) is 8.78 Å². The minimum absolute atomic E-state index is 0.0691. The molecule has 2 aromatic heterocycles. The van der Waals surface area contributed by atoms with Gasteiger partial charge in [0, 0.05) is 18.3 Å². The Hall–Kier alpha value is -2.08. The number of H-pyrrole nitrogens is 1. The Kier molecular flexibility index (Phi) is 3.31. The first kappa shape index (κ1) is 12.9. The van der Waals surface area contributed by atoms with Crippen LogP contribution in [0.2, 0.25) is 0 Å². The van der Waals surface area contributed by atoms with E-state index in [9.17, 15) is 8.78 Å². The number of hydrogen-bond donors (Lipinski definition) is 1. The number of nitrogens with one attached hydrogen (secondary N) is 1. The standard InChI is InChI=1S/C14H11F2N3S/c15-10-3-1-4-11(16)9(10)6-8-19-13-12(18-14(19)20)5-2-7-17-13/h1-5,7H,6,8H2,(H,18,20). The third kappa shape index (κ3) is 2.22. The predicted molar refractivity (Wildman–Crippen MR) is 75.0 cm³/mol. The molecule has 0 fully saturated rings. The van der Waals surface area contributed by atoms with E-state index in [0.29, 0.717) is 17.0 Å². The van der Waals surface area contributed by atoms with E-state index in [0.717, 1.165) is 5.52 Å². The molecule has 102 valence electrons. The summed E-state index contributed by atoms with van der Waals surface area (Å²) in [6, 6.07) is 7.52. The van der Waals surface area contributed by atoms with Crippen molar-refractivity contribution in [2.24, 2.45) is 0 Å². The molecular weight excluding hydrogens is 280 g/mol. The lowest BCUT2D eigenvalue weighted by Crippen LogP contribution is -2.05. The average molecular weight is 291 g/mol. The van der Waals surface area contributed by atoms with Crippen LogP contribution in [0.15, 0.2) is 36.5 Å². The molecule has 20 heavy (non-hydrogen) atoms. The molecule has 0 aliphatic carbocycles. The van der Waals surface area contributed by atoms with E-state index >= 15 is 0 Å². The molecule has 0 bridgehead atoms. The zero-order valence-corrected chi connectivity index (χ0v) is 11.3. The van der Waals surface area contributed by atoms with Gasteiger partial charge >= 0.3 is 0 Å². The highest BCUT2D eigenvalue weighted by Crippen LogP contribution is 2.16. The fourth-order valence-electron chi connectivity index (χ4n) is 2.19. The quantitative estimate of drug-likeness (QED) is 0.748. The molecule has 0 radical (unpaired) electrons. The summed E-state index contributed by atoms with van der Waals surface area (Å²) >= 11 is 5.21. The molecule has 0 saturated carbocycles. The summed E-state index contributed by atoms with van der Waals surface area (Å²) in [7, 11) is 0. The number of halogens is 2. The van der Waals surface area contributed by atoms with Crippen molar-refractivity contribution in [3.05, 3.63) is 58.5 Å². The molecule has 3 nitrogen and oxygen atoms in total. The normalized spacial score (nSPS) is 11.1. The van der Waals surface area contributed by atoms with E-state index in [1.165, 1.54) is 18.2 Å². The van der Waals surface area contributed by atoms with Gasteiger partial charge in [-0.2, -0.15) is 0 Å². The Morgan fingerprint density at radius 2 is 1.90 bits per heavy atom. The van der Waals surface area contributed by atoms with Gasteiger partial charge in [0.25, 0.3) is 0 Å². The van der Waals surface area contributed by atoms with Crippen molar-refractivity contribution in [1.82, 2.24) is 14.5 Å². The lowest BCUT2D eigenvalue weighted by Gasteiger charge is -2.06. The molecule has 0 unspecified atom stereocenters.